The number of hydrogen-bond donors (Lipinski definition) is 1. The Morgan fingerprint density at radius 1 is 1.28 bits per heavy atom. The first-order valence-corrected chi connectivity index (χ1v) is 8.39. The fourth-order valence-corrected chi connectivity index (χ4v) is 3.92. The minimum Gasteiger partial charge on any atom is -0.310 e. The summed E-state index contributed by atoms with van der Waals surface area (Å²) in [5.74, 6) is 3.56. The highest BCUT2D eigenvalue weighted by Crippen LogP contribution is 2.31. The van der Waals surface area contributed by atoms with Crippen molar-refractivity contribution in [3.8, 4) is 0 Å². The fraction of sp³-hybridized carbons (Fsp3) is 0.600. The lowest BCUT2D eigenvalue weighted by Crippen LogP contribution is -2.25. The molecule has 0 amide bonds. The van der Waals surface area contributed by atoms with Crippen molar-refractivity contribution in [2.75, 3.05) is 18.1 Å². The highest BCUT2D eigenvalue weighted by molar-refractivity contribution is 7.99. The van der Waals surface area contributed by atoms with Gasteiger partial charge in [0.25, 0.3) is 0 Å². The second-order valence-corrected chi connectivity index (χ2v) is 6.61. The molecule has 1 aromatic carbocycles. The molecule has 1 atom stereocenters. The van der Waals surface area contributed by atoms with E-state index < -0.39 is 0 Å². The zero-order valence-corrected chi connectivity index (χ0v) is 12.6. The summed E-state index contributed by atoms with van der Waals surface area (Å²) in [4.78, 5) is 0. The van der Waals surface area contributed by atoms with Gasteiger partial charge in [0.1, 0.15) is 0 Å². The maximum absolute atomic E-state index is 5.96. The van der Waals surface area contributed by atoms with Gasteiger partial charge in [0.05, 0.1) is 0 Å². The second-order valence-electron chi connectivity index (χ2n) is 4.95. The Morgan fingerprint density at radius 3 is 2.56 bits per heavy atom. The lowest BCUT2D eigenvalue weighted by atomic mass is 9.91. The first-order chi connectivity index (χ1) is 8.79. The zero-order chi connectivity index (χ0) is 12.8. The molecule has 0 radical (unpaired) electrons. The van der Waals surface area contributed by atoms with Crippen molar-refractivity contribution in [3.05, 3.63) is 34.9 Å². The summed E-state index contributed by atoms with van der Waals surface area (Å²) >= 11 is 8.06. The van der Waals surface area contributed by atoms with Gasteiger partial charge >= 0.3 is 0 Å². The Kier molecular flexibility index (Phi) is 5.87. The Morgan fingerprint density at radius 2 is 1.94 bits per heavy atom. The summed E-state index contributed by atoms with van der Waals surface area (Å²) in [6, 6.07) is 8.80. The van der Waals surface area contributed by atoms with Crippen LogP contribution in [0.1, 0.15) is 37.8 Å². The lowest BCUT2D eigenvalue weighted by molar-refractivity contribution is 0.374. The molecule has 1 aliphatic rings. The van der Waals surface area contributed by atoms with Crippen LogP contribution in [-0.2, 0) is 0 Å². The Bertz CT molecular complexity index is 346. The van der Waals surface area contributed by atoms with Gasteiger partial charge in [-0.3, -0.25) is 0 Å². The minimum atomic E-state index is 0.486. The zero-order valence-electron chi connectivity index (χ0n) is 11.0. The Hall–Kier alpha value is -0.180. The summed E-state index contributed by atoms with van der Waals surface area (Å²) < 4.78 is 0. The number of halogens is 1. The van der Waals surface area contributed by atoms with E-state index in [1.54, 1.807) is 0 Å². The average Bonchev–Trinajstić information content (AvgIpc) is 2.40. The summed E-state index contributed by atoms with van der Waals surface area (Å²) in [5.41, 5.74) is 1.37. The van der Waals surface area contributed by atoms with Crippen LogP contribution in [0.15, 0.2) is 24.3 Å². The van der Waals surface area contributed by atoms with E-state index in [-0.39, 0.29) is 0 Å². The molecule has 18 heavy (non-hydrogen) atoms. The van der Waals surface area contributed by atoms with Crippen molar-refractivity contribution in [2.24, 2.45) is 5.92 Å². The SMILES string of the molecule is CCNC(CC1CCSCC1)c1ccc(Cl)cc1. The first-order valence-electron chi connectivity index (χ1n) is 6.86. The summed E-state index contributed by atoms with van der Waals surface area (Å²) in [6.07, 6.45) is 4.01. The highest BCUT2D eigenvalue weighted by Gasteiger charge is 2.19. The summed E-state index contributed by atoms with van der Waals surface area (Å²) in [7, 11) is 0. The molecule has 100 valence electrons. The molecule has 0 aromatic heterocycles. The predicted molar refractivity (Wildman–Crippen MR) is 82.5 cm³/mol. The second kappa shape index (κ2) is 7.42. The molecule has 2 rings (SSSR count). The van der Waals surface area contributed by atoms with Gasteiger partial charge in [0.15, 0.2) is 0 Å². The molecular weight excluding hydrogens is 262 g/mol. The third kappa shape index (κ3) is 4.18. The molecule has 0 spiro atoms. The maximum atomic E-state index is 5.96. The quantitative estimate of drug-likeness (QED) is 0.852. The van der Waals surface area contributed by atoms with E-state index in [4.69, 9.17) is 11.6 Å². The topological polar surface area (TPSA) is 12.0 Å². The molecule has 1 unspecified atom stereocenters. The molecule has 1 N–H and O–H groups in total. The van der Waals surface area contributed by atoms with E-state index in [0.29, 0.717) is 6.04 Å². The predicted octanol–water partition coefficient (Wildman–Crippen LogP) is 4.52. The van der Waals surface area contributed by atoms with Gasteiger partial charge < -0.3 is 5.32 Å². The number of thioether (sulfide) groups is 1. The monoisotopic (exact) mass is 283 g/mol. The third-order valence-electron chi connectivity index (χ3n) is 3.63. The highest BCUT2D eigenvalue weighted by atomic mass is 35.5. The van der Waals surface area contributed by atoms with Crippen LogP contribution in [-0.4, -0.2) is 18.1 Å². The minimum absolute atomic E-state index is 0.486. The standard InChI is InChI=1S/C15H22ClNS/c1-2-17-15(11-12-7-9-18-10-8-12)13-3-5-14(16)6-4-13/h3-6,12,15,17H,2,7-11H2,1H3. The van der Waals surface area contributed by atoms with Crippen LogP contribution >= 0.6 is 23.4 Å². The van der Waals surface area contributed by atoms with Gasteiger partial charge in [0.2, 0.25) is 0 Å². The molecule has 1 aliphatic heterocycles. The lowest BCUT2D eigenvalue weighted by Gasteiger charge is -2.27. The Labute approximate surface area is 120 Å². The van der Waals surface area contributed by atoms with E-state index in [2.05, 4.69) is 36.1 Å². The van der Waals surface area contributed by atoms with Gasteiger partial charge in [-0.25, -0.2) is 0 Å². The van der Waals surface area contributed by atoms with Gasteiger partial charge in [-0.05, 0) is 60.9 Å². The van der Waals surface area contributed by atoms with Crippen LogP contribution in [0, 0.1) is 5.92 Å². The van der Waals surface area contributed by atoms with E-state index in [1.807, 2.05) is 12.1 Å². The van der Waals surface area contributed by atoms with E-state index in [0.717, 1.165) is 17.5 Å². The van der Waals surface area contributed by atoms with Crippen molar-refractivity contribution in [2.45, 2.75) is 32.2 Å². The summed E-state index contributed by atoms with van der Waals surface area (Å²) in [5, 5.41) is 4.44. The normalized spacial score (nSPS) is 18.8. The molecule has 1 heterocycles. The van der Waals surface area contributed by atoms with Crippen molar-refractivity contribution in [1.29, 1.82) is 0 Å². The van der Waals surface area contributed by atoms with E-state index >= 15 is 0 Å². The van der Waals surface area contributed by atoms with Gasteiger partial charge in [-0.15, -0.1) is 0 Å². The average molecular weight is 284 g/mol. The smallest absolute Gasteiger partial charge is 0.0406 e. The van der Waals surface area contributed by atoms with E-state index in [1.165, 1.54) is 36.3 Å². The van der Waals surface area contributed by atoms with Crippen LogP contribution in [0.5, 0.6) is 0 Å². The van der Waals surface area contributed by atoms with Gasteiger partial charge in [0, 0.05) is 11.1 Å². The van der Waals surface area contributed by atoms with Crippen molar-refractivity contribution >= 4 is 23.4 Å². The first kappa shape index (κ1) is 14.2. The Balaban J connectivity index is 2.00. The van der Waals surface area contributed by atoms with Gasteiger partial charge in [-0.2, -0.15) is 11.8 Å². The maximum Gasteiger partial charge on any atom is 0.0406 e. The fourth-order valence-electron chi connectivity index (χ4n) is 2.59. The molecule has 1 nitrogen and oxygen atoms in total. The molecule has 0 saturated carbocycles. The van der Waals surface area contributed by atoms with Crippen LogP contribution < -0.4 is 5.32 Å². The van der Waals surface area contributed by atoms with Crippen molar-refractivity contribution in [1.82, 2.24) is 5.32 Å². The van der Waals surface area contributed by atoms with Crippen LogP contribution in [0.25, 0.3) is 0 Å². The number of benzene rings is 1. The summed E-state index contributed by atoms with van der Waals surface area (Å²) in [6.45, 7) is 3.20. The van der Waals surface area contributed by atoms with E-state index in [9.17, 15) is 0 Å². The third-order valence-corrected chi connectivity index (χ3v) is 4.93. The number of hydrogen-bond acceptors (Lipinski definition) is 2. The molecule has 0 aliphatic carbocycles. The van der Waals surface area contributed by atoms with Gasteiger partial charge in [-0.1, -0.05) is 30.7 Å². The molecule has 1 fully saturated rings. The molecule has 0 bridgehead atoms. The molecule has 3 heteroatoms. The molecule has 1 aromatic rings. The molecule has 1 saturated heterocycles. The number of nitrogens with one attached hydrogen (secondary N) is 1. The largest absolute Gasteiger partial charge is 0.310 e. The van der Waals surface area contributed by atoms with Crippen molar-refractivity contribution < 1.29 is 0 Å². The van der Waals surface area contributed by atoms with Crippen LogP contribution in [0.3, 0.4) is 0 Å². The van der Waals surface area contributed by atoms with Crippen molar-refractivity contribution in [3.63, 3.8) is 0 Å². The van der Waals surface area contributed by atoms with Crippen LogP contribution in [0.4, 0.5) is 0 Å². The molecular formula is C15H22ClNS. The van der Waals surface area contributed by atoms with Crippen LogP contribution in [0.2, 0.25) is 5.02 Å². The number of rotatable bonds is 5.